The van der Waals surface area contributed by atoms with Gasteiger partial charge in [-0.15, -0.1) is 0 Å². The zero-order chi connectivity index (χ0) is 21.2. The standard InChI is InChI=1S/C19H23F2N3O4S/c1-13-6-7-17(28-13)14(2)22-12-18(25)23-8-10-24(11-9-23)29(26,27)19-15(20)4-3-5-16(19)21/h3-7,14,22H,8-12H2,1-2H3. The second-order valence-electron chi connectivity index (χ2n) is 6.89. The Morgan fingerprint density at radius 3 is 2.31 bits per heavy atom. The van der Waals surface area contributed by atoms with E-state index in [2.05, 4.69) is 5.32 Å². The molecule has 1 amide bonds. The van der Waals surface area contributed by atoms with Crippen molar-refractivity contribution in [3.05, 3.63) is 53.5 Å². The molecule has 2 heterocycles. The molecule has 29 heavy (non-hydrogen) atoms. The second-order valence-corrected chi connectivity index (χ2v) is 8.76. The fourth-order valence-electron chi connectivity index (χ4n) is 3.17. The summed E-state index contributed by atoms with van der Waals surface area (Å²) >= 11 is 0. The Labute approximate surface area is 168 Å². The van der Waals surface area contributed by atoms with Crippen LogP contribution in [0.1, 0.15) is 24.5 Å². The summed E-state index contributed by atoms with van der Waals surface area (Å²) in [5, 5.41) is 3.08. The molecule has 1 atom stereocenters. The van der Waals surface area contributed by atoms with Gasteiger partial charge in [0, 0.05) is 26.2 Å². The molecule has 1 N–H and O–H groups in total. The minimum Gasteiger partial charge on any atom is -0.465 e. The average molecular weight is 427 g/mol. The number of furan rings is 1. The number of sulfonamides is 1. The summed E-state index contributed by atoms with van der Waals surface area (Å²) < 4.78 is 59.5. The van der Waals surface area contributed by atoms with E-state index < -0.39 is 26.6 Å². The lowest BCUT2D eigenvalue weighted by Gasteiger charge is -2.34. The van der Waals surface area contributed by atoms with E-state index in [0.29, 0.717) is 0 Å². The highest BCUT2D eigenvalue weighted by Crippen LogP contribution is 2.23. The van der Waals surface area contributed by atoms with Gasteiger partial charge in [-0.05, 0) is 38.1 Å². The zero-order valence-corrected chi connectivity index (χ0v) is 17.0. The molecule has 1 saturated heterocycles. The third-order valence-electron chi connectivity index (χ3n) is 4.86. The molecule has 0 radical (unpaired) electrons. The van der Waals surface area contributed by atoms with Gasteiger partial charge < -0.3 is 9.32 Å². The third kappa shape index (κ3) is 4.65. The van der Waals surface area contributed by atoms with Crippen LogP contribution in [0.2, 0.25) is 0 Å². The highest BCUT2D eigenvalue weighted by atomic mass is 32.2. The molecule has 10 heteroatoms. The highest BCUT2D eigenvalue weighted by molar-refractivity contribution is 7.89. The van der Waals surface area contributed by atoms with Crippen molar-refractivity contribution in [1.29, 1.82) is 0 Å². The van der Waals surface area contributed by atoms with Gasteiger partial charge in [0.15, 0.2) is 4.90 Å². The largest absolute Gasteiger partial charge is 0.465 e. The van der Waals surface area contributed by atoms with E-state index in [1.165, 1.54) is 4.90 Å². The van der Waals surface area contributed by atoms with Crippen LogP contribution in [0.5, 0.6) is 0 Å². The number of amides is 1. The molecule has 1 aliphatic heterocycles. The van der Waals surface area contributed by atoms with E-state index in [1.54, 1.807) is 0 Å². The molecular formula is C19H23F2N3O4S. The number of benzene rings is 1. The molecule has 2 aromatic rings. The van der Waals surface area contributed by atoms with Crippen LogP contribution in [0, 0.1) is 18.6 Å². The van der Waals surface area contributed by atoms with Gasteiger partial charge in [-0.25, -0.2) is 17.2 Å². The minimum absolute atomic E-state index is 0.0330. The van der Waals surface area contributed by atoms with Gasteiger partial charge in [0.25, 0.3) is 0 Å². The predicted octanol–water partition coefficient (Wildman–Crippen LogP) is 2.05. The number of halogens is 2. The molecule has 3 rings (SSSR count). The Bertz CT molecular complexity index is 965. The van der Waals surface area contributed by atoms with Gasteiger partial charge in [-0.3, -0.25) is 10.1 Å². The van der Waals surface area contributed by atoms with Crippen molar-refractivity contribution in [2.75, 3.05) is 32.7 Å². The Kier molecular flexibility index (Phi) is 6.35. The van der Waals surface area contributed by atoms with Gasteiger partial charge in [0.05, 0.1) is 12.6 Å². The summed E-state index contributed by atoms with van der Waals surface area (Å²) in [7, 11) is -4.31. The number of carbonyl (C=O) groups is 1. The minimum atomic E-state index is -4.31. The number of carbonyl (C=O) groups excluding carboxylic acids is 1. The maximum atomic E-state index is 13.9. The predicted molar refractivity (Wildman–Crippen MR) is 102 cm³/mol. The van der Waals surface area contributed by atoms with Crippen molar-refractivity contribution in [1.82, 2.24) is 14.5 Å². The van der Waals surface area contributed by atoms with Gasteiger partial charge in [-0.2, -0.15) is 4.31 Å². The summed E-state index contributed by atoms with van der Waals surface area (Å²) in [6.45, 7) is 3.99. The van der Waals surface area contributed by atoms with Crippen molar-refractivity contribution >= 4 is 15.9 Å². The monoisotopic (exact) mass is 427 g/mol. The normalized spacial score (nSPS) is 16.8. The molecule has 7 nitrogen and oxygen atoms in total. The van der Waals surface area contributed by atoms with Gasteiger partial charge >= 0.3 is 0 Å². The number of piperazine rings is 1. The first-order valence-corrected chi connectivity index (χ1v) is 10.7. The highest BCUT2D eigenvalue weighted by Gasteiger charge is 2.34. The van der Waals surface area contributed by atoms with E-state index in [1.807, 2.05) is 26.0 Å². The average Bonchev–Trinajstić information content (AvgIpc) is 3.12. The third-order valence-corrected chi connectivity index (χ3v) is 6.81. The van der Waals surface area contributed by atoms with Crippen LogP contribution in [0.15, 0.2) is 39.6 Å². The van der Waals surface area contributed by atoms with Gasteiger partial charge in [-0.1, -0.05) is 6.07 Å². The SMILES string of the molecule is Cc1ccc(C(C)NCC(=O)N2CCN(S(=O)(=O)c3c(F)cccc3F)CC2)o1. The fourth-order valence-corrected chi connectivity index (χ4v) is 4.71. The lowest BCUT2D eigenvalue weighted by Crippen LogP contribution is -2.52. The van der Waals surface area contributed by atoms with Crippen LogP contribution in [0.25, 0.3) is 0 Å². The molecule has 1 fully saturated rings. The van der Waals surface area contributed by atoms with Crippen molar-refractivity contribution in [3.63, 3.8) is 0 Å². The van der Waals surface area contributed by atoms with Crippen molar-refractivity contribution in [2.24, 2.45) is 0 Å². The maximum Gasteiger partial charge on any atom is 0.249 e. The number of aryl methyl sites for hydroxylation is 1. The molecule has 0 bridgehead atoms. The van der Waals surface area contributed by atoms with E-state index in [-0.39, 0.29) is 44.7 Å². The first-order valence-electron chi connectivity index (χ1n) is 9.22. The molecule has 1 aromatic carbocycles. The summed E-state index contributed by atoms with van der Waals surface area (Å²) in [4.78, 5) is 13.0. The van der Waals surface area contributed by atoms with E-state index in [4.69, 9.17) is 4.42 Å². The van der Waals surface area contributed by atoms with Crippen molar-refractivity contribution in [2.45, 2.75) is 24.8 Å². The Balaban J connectivity index is 1.56. The van der Waals surface area contributed by atoms with Crippen LogP contribution in [0.4, 0.5) is 8.78 Å². The molecule has 1 aliphatic rings. The molecule has 0 spiro atoms. The van der Waals surface area contributed by atoms with E-state index in [9.17, 15) is 22.0 Å². The Morgan fingerprint density at radius 2 is 1.76 bits per heavy atom. The molecule has 0 aliphatic carbocycles. The second kappa shape index (κ2) is 8.60. The van der Waals surface area contributed by atoms with Crippen LogP contribution in [0.3, 0.4) is 0 Å². The number of nitrogens with zero attached hydrogens (tertiary/aromatic N) is 2. The zero-order valence-electron chi connectivity index (χ0n) is 16.2. The lowest BCUT2D eigenvalue weighted by molar-refractivity contribution is -0.131. The van der Waals surface area contributed by atoms with Crippen molar-refractivity contribution < 1.29 is 26.4 Å². The van der Waals surface area contributed by atoms with Crippen LogP contribution in [-0.2, 0) is 14.8 Å². The topological polar surface area (TPSA) is 82.9 Å². The molecule has 158 valence electrons. The molecular weight excluding hydrogens is 404 g/mol. The smallest absolute Gasteiger partial charge is 0.249 e. The summed E-state index contributed by atoms with van der Waals surface area (Å²) in [6.07, 6.45) is 0. The Hall–Kier alpha value is -2.30. The quantitative estimate of drug-likeness (QED) is 0.763. The first kappa shape index (κ1) is 21.4. The van der Waals surface area contributed by atoms with Crippen molar-refractivity contribution in [3.8, 4) is 0 Å². The van der Waals surface area contributed by atoms with Crippen LogP contribution in [-0.4, -0.2) is 56.3 Å². The van der Waals surface area contributed by atoms with E-state index in [0.717, 1.165) is 34.0 Å². The number of rotatable bonds is 6. The summed E-state index contributed by atoms with van der Waals surface area (Å²) in [6, 6.07) is 6.44. The van der Waals surface area contributed by atoms with Crippen LogP contribution < -0.4 is 5.32 Å². The number of nitrogens with one attached hydrogen (secondary N) is 1. The van der Waals surface area contributed by atoms with Gasteiger partial charge in [0.1, 0.15) is 23.2 Å². The van der Waals surface area contributed by atoms with Crippen LogP contribution >= 0.6 is 0 Å². The molecule has 1 aromatic heterocycles. The lowest BCUT2D eigenvalue weighted by atomic mass is 10.2. The number of hydrogen-bond donors (Lipinski definition) is 1. The molecule has 1 unspecified atom stereocenters. The van der Waals surface area contributed by atoms with E-state index >= 15 is 0 Å². The van der Waals surface area contributed by atoms with Gasteiger partial charge in [0.2, 0.25) is 15.9 Å². The fraction of sp³-hybridized carbons (Fsp3) is 0.421. The maximum absolute atomic E-state index is 13.9. The number of hydrogen-bond acceptors (Lipinski definition) is 5. The summed E-state index contributed by atoms with van der Waals surface area (Å²) in [5.74, 6) is -0.944. The Morgan fingerprint density at radius 1 is 1.14 bits per heavy atom. The molecule has 0 saturated carbocycles. The first-order chi connectivity index (χ1) is 13.7. The summed E-state index contributed by atoms with van der Waals surface area (Å²) in [5.41, 5.74) is 0.